The Kier molecular flexibility index (Phi) is 4.62. The molecular weight excluding hydrogens is 331 g/mol. The minimum atomic E-state index is -0.460. The van der Waals surface area contributed by atoms with Crippen LogP contribution in [0.15, 0.2) is 48.5 Å². The molecule has 1 atom stereocenters. The van der Waals surface area contributed by atoms with Gasteiger partial charge in [0.2, 0.25) is 0 Å². The van der Waals surface area contributed by atoms with Gasteiger partial charge in [-0.15, -0.1) is 0 Å². The van der Waals surface area contributed by atoms with Crippen molar-refractivity contribution in [2.45, 2.75) is 31.0 Å². The Balaban J connectivity index is 2.21. The third-order valence-electron chi connectivity index (χ3n) is 3.43. The van der Waals surface area contributed by atoms with Crippen molar-refractivity contribution in [2.75, 3.05) is 0 Å². The Morgan fingerprint density at radius 1 is 1.00 bits per heavy atom. The molecule has 0 amide bonds. The topological polar surface area (TPSA) is 17.1 Å². The van der Waals surface area contributed by atoms with Crippen molar-refractivity contribution in [1.82, 2.24) is 0 Å². The molecule has 110 valence electrons. The molecule has 0 fully saturated rings. The molecule has 0 bridgehead atoms. The van der Waals surface area contributed by atoms with E-state index >= 15 is 0 Å². The maximum absolute atomic E-state index is 12.9. The van der Waals surface area contributed by atoms with E-state index in [0.717, 1.165) is 5.56 Å². The van der Waals surface area contributed by atoms with Crippen LogP contribution in [0.5, 0.6) is 0 Å². The van der Waals surface area contributed by atoms with Gasteiger partial charge in [-0.1, -0.05) is 73.1 Å². The molecular formula is C18H18BrFO. The zero-order chi connectivity index (χ0) is 15.6. The standard InChI is InChI=1S/C18H18BrFO/c1-18(2,3)14-8-4-13(5-9-14)17(21)16(19)12-6-10-15(20)11-7-12/h4-11,16H,1-3H3. The number of ketones is 1. The van der Waals surface area contributed by atoms with E-state index in [2.05, 4.69) is 36.7 Å². The lowest BCUT2D eigenvalue weighted by molar-refractivity contribution is 0.0991. The largest absolute Gasteiger partial charge is 0.293 e. The zero-order valence-electron chi connectivity index (χ0n) is 12.4. The highest BCUT2D eigenvalue weighted by Crippen LogP contribution is 2.28. The number of carbonyl (C=O) groups excluding carboxylic acids is 1. The average molecular weight is 349 g/mol. The minimum Gasteiger partial charge on any atom is -0.293 e. The summed E-state index contributed by atoms with van der Waals surface area (Å²) in [6.45, 7) is 6.40. The number of hydrogen-bond donors (Lipinski definition) is 0. The van der Waals surface area contributed by atoms with Gasteiger partial charge in [-0.3, -0.25) is 4.79 Å². The Hall–Kier alpha value is -1.48. The highest BCUT2D eigenvalue weighted by molar-refractivity contribution is 9.09. The highest BCUT2D eigenvalue weighted by Gasteiger charge is 2.20. The number of rotatable bonds is 3. The quantitative estimate of drug-likeness (QED) is 0.533. The third-order valence-corrected chi connectivity index (χ3v) is 4.37. The van der Waals surface area contributed by atoms with Crippen molar-refractivity contribution in [3.05, 3.63) is 71.0 Å². The summed E-state index contributed by atoms with van der Waals surface area (Å²) in [7, 11) is 0. The smallest absolute Gasteiger partial charge is 0.180 e. The Morgan fingerprint density at radius 2 is 1.52 bits per heavy atom. The molecule has 0 spiro atoms. The lowest BCUT2D eigenvalue weighted by Gasteiger charge is -2.19. The Labute approximate surface area is 133 Å². The summed E-state index contributed by atoms with van der Waals surface area (Å²) >= 11 is 3.40. The van der Waals surface area contributed by atoms with Crippen molar-refractivity contribution >= 4 is 21.7 Å². The molecule has 0 aliphatic rings. The number of carbonyl (C=O) groups is 1. The molecule has 0 saturated carbocycles. The van der Waals surface area contributed by atoms with Crippen LogP contribution >= 0.6 is 15.9 Å². The van der Waals surface area contributed by atoms with Gasteiger partial charge in [0.15, 0.2) is 5.78 Å². The molecule has 0 heterocycles. The van der Waals surface area contributed by atoms with Gasteiger partial charge in [0.25, 0.3) is 0 Å². The summed E-state index contributed by atoms with van der Waals surface area (Å²) in [4.78, 5) is 12.0. The number of alkyl halides is 1. The Bertz CT molecular complexity index is 624. The van der Waals surface area contributed by atoms with Crippen LogP contribution in [-0.4, -0.2) is 5.78 Å². The first-order valence-electron chi connectivity index (χ1n) is 6.83. The second kappa shape index (κ2) is 6.10. The maximum Gasteiger partial charge on any atom is 0.180 e. The highest BCUT2D eigenvalue weighted by atomic mass is 79.9. The summed E-state index contributed by atoms with van der Waals surface area (Å²) in [5.41, 5.74) is 2.65. The number of halogens is 2. The van der Waals surface area contributed by atoms with Gasteiger partial charge in [-0.25, -0.2) is 4.39 Å². The molecule has 1 nitrogen and oxygen atoms in total. The van der Waals surface area contributed by atoms with Crippen molar-refractivity contribution in [1.29, 1.82) is 0 Å². The van der Waals surface area contributed by atoms with Gasteiger partial charge in [0.1, 0.15) is 10.6 Å². The molecule has 2 aromatic carbocycles. The summed E-state index contributed by atoms with van der Waals surface area (Å²) in [5.74, 6) is -0.331. The van der Waals surface area contributed by atoms with Crippen molar-refractivity contribution < 1.29 is 9.18 Å². The molecule has 0 aliphatic carbocycles. The first-order chi connectivity index (χ1) is 9.79. The average Bonchev–Trinajstić information content (AvgIpc) is 2.46. The number of Topliss-reactive ketones (excluding diaryl/α,β-unsaturated/α-hetero) is 1. The van der Waals surface area contributed by atoms with E-state index in [1.165, 1.54) is 17.7 Å². The fourth-order valence-electron chi connectivity index (χ4n) is 2.06. The van der Waals surface area contributed by atoms with E-state index in [1.807, 2.05) is 24.3 Å². The molecule has 2 aromatic rings. The molecule has 0 aliphatic heterocycles. The van der Waals surface area contributed by atoms with Crippen LogP contribution in [0.2, 0.25) is 0 Å². The second-order valence-electron chi connectivity index (χ2n) is 6.11. The van der Waals surface area contributed by atoms with E-state index in [0.29, 0.717) is 5.56 Å². The van der Waals surface area contributed by atoms with E-state index in [-0.39, 0.29) is 17.0 Å². The van der Waals surface area contributed by atoms with Crippen molar-refractivity contribution in [3.63, 3.8) is 0 Å². The molecule has 2 rings (SSSR count). The first-order valence-corrected chi connectivity index (χ1v) is 7.75. The van der Waals surface area contributed by atoms with Crippen LogP contribution in [0, 0.1) is 5.82 Å². The van der Waals surface area contributed by atoms with Crippen molar-refractivity contribution in [2.24, 2.45) is 0 Å². The molecule has 0 N–H and O–H groups in total. The molecule has 3 heteroatoms. The molecule has 0 saturated heterocycles. The fraction of sp³-hybridized carbons (Fsp3) is 0.278. The molecule has 1 unspecified atom stereocenters. The lowest BCUT2D eigenvalue weighted by atomic mass is 9.86. The Morgan fingerprint density at radius 3 is 2.00 bits per heavy atom. The fourth-order valence-corrected chi connectivity index (χ4v) is 2.63. The molecule has 21 heavy (non-hydrogen) atoms. The zero-order valence-corrected chi connectivity index (χ0v) is 13.9. The van der Waals surface area contributed by atoms with Gasteiger partial charge < -0.3 is 0 Å². The van der Waals surface area contributed by atoms with E-state index < -0.39 is 4.83 Å². The number of benzene rings is 2. The minimum absolute atomic E-state index is 0.0259. The summed E-state index contributed by atoms with van der Waals surface area (Å²) in [6.07, 6.45) is 0. The van der Waals surface area contributed by atoms with Crippen LogP contribution in [0.3, 0.4) is 0 Å². The van der Waals surface area contributed by atoms with E-state index in [9.17, 15) is 9.18 Å². The lowest BCUT2D eigenvalue weighted by Crippen LogP contribution is -2.12. The second-order valence-corrected chi connectivity index (χ2v) is 7.02. The summed E-state index contributed by atoms with van der Waals surface area (Å²) < 4.78 is 12.9. The predicted octanol–water partition coefficient (Wildman–Crippen LogP) is 5.44. The van der Waals surface area contributed by atoms with E-state index in [1.54, 1.807) is 12.1 Å². The van der Waals surface area contributed by atoms with Gasteiger partial charge in [-0.2, -0.15) is 0 Å². The molecule has 0 aromatic heterocycles. The summed E-state index contributed by atoms with van der Waals surface area (Å²) in [5, 5.41) is 0. The monoisotopic (exact) mass is 348 g/mol. The van der Waals surface area contributed by atoms with Gasteiger partial charge in [-0.05, 0) is 28.7 Å². The van der Waals surface area contributed by atoms with Gasteiger partial charge in [0, 0.05) is 5.56 Å². The van der Waals surface area contributed by atoms with Crippen LogP contribution in [0.25, 0.3) is 0 Å². The van der Waals surface area contributed by atoms with Gasteiger partial charge >= 0.3 is 0 Å². The maximum atomic E-state index is 12.9. The number of hydrogen-bond acceptors (Lipinski definition) is 1. The normalized spacial score (nSPS) is 13.0. The molecule has 0 radical (unpaired) electrons. The van der Waals surface area contributed by atoms with Crippen LogP contribution in [0.4, 0.5) is 4.39 Å². The van der Waals surface area contributed by atoms with E-state index in [4.69, 9.17) is 0 Å². The van der Waals surface area contributed by atoms with Crippen LogP contribution in [0.1, 0.15) is 47.1 Å². The summed E-state index contributed by atoms with van der Waals surface area (Å²) in [6, 6.07) is 13.6. The van der Waals surface area contributed by atoms with Crippen LogP contribution in [-0.2, 0) is 5.41 Å². The first kappa shape index (κ1) is 15.9. The van der Waals surface area contributed by atoms with Crippen molar-refractivity contribution in [3.8, 4) is 0 Å². The predicted molar refractivity (Wildman–Crippen MR) is 87.5 cm³/mol. The van der Waals surface area contributed by atoms with Crippen LogP contribution < -0.4 is 0 Å². The third kappa shape index (κ3) is 3.79. The SMILES string of the molecule is CC(C)(C)c1ccc(C(=O)C(Br)c2ccc(F)cc2)cc1. The van der Waals surface area contributed by atoms with Gasteiger partial charge in [0.05, 0.1) is 0 Å².